The SMILES string of the molecule is CCNC(=O)c1nn(-c2ccc(Cl)cc2Cl)c(Oc2ccc(Cl)cc2)c1CNC1CCCCCCC1. The van der Waals surface area contributed by atoms with Crippen LogP contribution in [0.2, 0.25) is 15.1 Å². The lowest BCUT2D eigenvalue weighted by atomic mass is 9.96. The van der Waals surface area contributed by atoms with Crippen molar-refractivity contribution in [1.29, 1.82) is 0 Å². The Bertz CT molecular complexity index is 1170. The van der Waals surface area contributed by atoms with Crippen molar-refractivity contribution in [3.8, 4) is 17.3 Å². The fraction of sp³-hybridized carbons (Fsp3) is 0.407. The minimum Gasteiger partial charge on any atom is -0.439 e. The summed E-state index contributed by atoms with van der Waals surface area (Å²) in [6.45, 7) is 2.80. The van der Waals surface area contributed by atoms with Gasteiger partial charge in [-0.2, -0.15) is 9.78 Å². The Hall–Kier alpha value is -2.25. The summed E-state index contributed by atoms with van der Waals surface area (Å²) in [5, 5.41) is 12.7. The Balaban J connectivity index is 1.77. The van der Waals surface area contributed by atoms with Crippen LogP contribution in [0.25, 0.3) is 5.69 Å². The molecule has 1 aliphatic rings. The summed E-state index contributed by atoms with van der Waals surface area (Å²) in [6.07, 6.45) is 8.47. The molecule has 0 unspecified atom stereocenters. The summed E-state index contributed by atoms with van der Waals surface area (Å²) in [4.78, 5) is 13.1. The van der Waals surface area contributed by atoms with Crippen molar-refractivity contribution in [3.63, 3.8) is 0 Å². The summed E-state index contributed by atoms with van der Waals surface area (Å²) >= 11 is 18.8. The van der Waals surface area contributed by atoms with Crippen LogP contribution in [0.5, 0.6) is 11.6 Å². The van der Waals surface area contributed by atoms with Gasteiger partial charge in [0.2, 0.25) is 5.88 Å². The van der Waals surface area contributed by atoms with E-state index in [1.807, 2.05) is 6.92 Å². The van der Waals surface area contributed by atoms with Gasteiger partial charge < -0.3 is 15.4 Å². The standard InChI is InChI=1S/C27H31Cl3N4O2/c1-2-31-26(35)25-22(17-32-20-8-6-4-3-5-7-9-20)27(36-21-13-10-18(28)11-14-21)34(33-25)24-15-12-19(29)16-23(24)30/h10-16,20,32H,2-9,17H2,1H3,(H,31,35). The lowest BCUT2D eigenvalue weighted by molar-refractivity contribution is 0.0949. The van der Waals surface area contributed by atoms with Gasteiger partial charge in [0.25, 0.3) is 5.91 Å². The van der Waals surface area contributed by atoms with E-state index in [0.29, 0.717) is 62.8 Å². The number of amides is 1. The molecule has 1 aromatic heterocycles. The number of rotatable bonds is 8. The molecule has 6 nitrogen and oxygen atoms in total. The highest BCUT2D eigenvalue weighted by molar-refractivity contribution is 6.35. The molecule has 192 valence electrons. The van der Waals surface area contributed by atoms with Crippen LogP contribution in [0.3, 0.4) is 0 Å². The van der Waals surface area contributed by atoms with Crippen molar-refractivity contribution in [3.05, 3.63) is 68.8 Å². The topological polar surface area (TPSA) is 68.2 Å². The molecule has 0 saturated heterocycles. The molecule has 1 aliphatic carbocycles. The highest BCUT2D eigenvalue weighted by Gasteiger charge is 2.27. The zero-order valence-electron chi connectivity index (χ0n) is 20.3. The lowest BCUT2D eigenvalue weighted by Crippen LogP contribution is -2.31. The molecule has 1 heterocycles. The minimum absolute atomic E-state index is 0.267. The summed E-state index contributed by atoms with van der Waals surface area (Å²) in [5.41, 5.74) is 1.53. The first-order valence-electron chi connectivity index (χ1n) is 12.5. The van der Waals surface area contributed by atoms with Crippen molar-refractivity contribution >= 4 is 40.7 Å². The number of carbonyl (C=O) groups is 1. The predicted octanol–water partition coefficient (Wildman–Crippen LogP) is 7.58. The van der Waals surface area contributed by atoms with Crippen molar-refractivity contribution < 1.29 is 9.53 Å². The second kappa shape index (κ2) is 12.8. The van der Waals surface area contributed by atoms with Crippen molar-refractivity contribution in [1.82, 2.24) is 20.4 Å². The van der Waals surface area contributed by atoms with Crippen LogP contribution in [0.4, 0.5) is 0 Å². The monoisotopic (exact) mass is 548 g/mol. The smallest absolute Gasteiger partial charge is 0.272 e. The van der Waals surface area contributed by atoms with E-state index in [4.69, 9.17) is 39.5 Å². The van der Waals surface area contributed by atoms with Gasteiger partial charge in [-0.25, -0.2) is 0 Å². The van der Waals surface area contributed by atoms with Gasteiger partial charge >= 0.3 is 0 Å². The van der Waals surface area contributed by atoms with E-state index in [2.05, 4.69) is 15.7 Å². The highest BCUT2D eigenvalue weighted by Crippen LogP contribution is 2.35. The molecule has 2 aromatic carbocycles. The number of ether oxygens (including phenoxy) is 1. The lowest BCUT2D eigenvalue weighted by Gasteiger charge is -2.21. The van der Waals surface area contributed by atoms with Crippen molar-refractivity contribution in [2.24, 2.45) is 0 Å². The van der Waals surface area contributed by atoms with E-state index in [1.54, 1.807) is 47.1 Å². The molecule has 3 aromatic rings. The minimum atomic E-state index is -0.267. The molecular weight excluding hydrogens is 519 g/mol. The van der Waals surface area contributed by atoms with Gasteiger partial charge in [0.1, 0.15) is 5.75 Å². The second-order valence-electron chi connectivity index (χ2n) is 8.98. The molecule has 1 fully saturated rings. The first-order valence-corrected chi connectivity index (χ1v) is 13.6. The van der Waals surface area contributed by atoms with E-state index in [9.17, 15) is 4.79 Å². The maximum absolute atomic E-state index is 13.1. The predicted molar refractivity (Wildman–Crippen MR) is 146 cm³/mol. The second-order valence-corrected chi connectivity index (χ2v) is 10.3. The van der Waals surface area contributed by atoms with Crippen LogP contribution < -0.4 is 15.4 Å². The van der Waals surface area contributed by atoms with Gasteiger partial charge in [-0.15, -0.1) is 0 Å². The van der Waals surface area contributed by atoms with Crippen LogP contribution in [-0.2, 0) is 6.54 Å². The number of halogens is 3. The Morgan fingerprint density at radius 2 is 1.67 bits per heavy atom. The molecule has 0 aliphatic heterocycles. The number of hydrogen-bond acceptors (Lipinski definition) is 4. The normalized spacial score (nSPS) is 14.8. The van der Waals surface area contributed by atoms with Crippen molar-refractivity contribution in [2.45, 2.75) is 64.5 Å². The molecule has 9 heteroatoms. The molecular formula is C27H31Cl3N4O2. The average molecular weight is 550 g/mol. The molecule has 2 N–H and O–H groups in total. The number of carbonyl (C=O) groups excluding carboxylic acids is 1. The van der Waals surface area contributed by atoms with E-state index < -0.39 is 0 Å². The van der Waals surface area contributed by atoms with E-state index in [0.717, 1.165) is 12.8 Å². The Morgan fingerprint density at radius 1 is 1.00 bits per heavy atom. The first-order chi connectivity index (χ1) is 17.5. The maximum Gasteiger partial charge on any atom is 0.272 e. The zero-order chi connectivity index (χ0) is 25.5. The van der Waals surface area contributed by atoms with Gasteiger partial charge in [0.15, 0.2) is 5.69 Å². The third kappa shape index (κ3) is 6.74. The largest absolute Gasteiger partial charge is 0.439 e. The van der Waals surface area contributed by atoms with E-state index in [-0.39, 0.29) is 5.91 Å². The summed E-state index contributed by atoms with van der Waals surface area (Å²) in [6, 6.07) is 12.6. The molecule has 1 saturated carbocycles. The molecule has 0 spiro atoms. The Morgan fingerprint density at radius 3 is 2.33 bits per heavy atom. The summed E-state index contributed by atoms with van der Waals surface area (Å²) in [5.74, 6) is 0.721. The van der Waals surface area contributed by atoms with Gasteiger partial charge in [0, 0.05) is 29.2 Å². The summed E-state index contributed by atoms with van der Waals surface area (Å²) < 4.78 is 7.94. The molecule has 1 amide bonds. The Kier molecular flexibility index (Phi) is 9.54. The van der Waals surface area contributed by atoms with Gasteiger partial charge in [-0.3, -0.25) is 4.79 Å². The molecule has 0 atom stereocenters. The van der Waals surface area contributed by atoms with Crippen LogP contribution in [0, 0.1) is 0 Å². The van der Waals surface area contributed by atoms with E-state index in [1.165, 1.54) is 32.1 Å². The number of nitrogens with zero attached hydrogens (tertiary/aromatic N) is 2. The molecule has 0 radical (unpaired) electrons. The van der Waals surface area contributed by atoms with Crippen LogP contribution in [-0.4, -0.2) is 28.3 Å². The van der Waals surface area contributed by atoms with Crippen LogP contribution in [0.15, 0.2) is 42.5 Å². The third-order valence-corrected chi connectivity index (χ3v) is 7.12. The first kappa shape index (κ1) is 26.8. The molecule has 4 rings (SSSR count). The number of aromatic nitrogens is 2. The van der Waals surface area contributed by atoms with Gasteiger partial charge in [-0.1, -0.05) is 66.9 Å². The Labute approximate surface area is 227 Å². The van der Waals surface area contributed by atoms with Crippen LogP contribution >= 0.6 is 34.8 Å². The number of hydrogen-bond donors (Lipinski definition) is 2. The average Bonchev–Trinajstić information content (AvgIpc) is 3.18. The molecule has 0 bridgehead atoms. The third-order valence-electron chi connectivity index (χ3n) is 6.33. The quantitative estimate of drug-likeness (QED) is 0.304. The zero-order valence-corrected chi connectivity index (χ0v) is 22.6. The maximum atomic E-state index is 13.1. The fourth-order valence-electron chi connectivity index (χ4n) is 4.46. The fourth-order valence-corrected chi connectivity index (χ4v) is 5.08. The van der Waals surface area contributed by atoms with Crippen LogP contribution in [0.1, 0.15) is 67.9 Å². The summed E-state index contributed by atoms with van der Waals surface area (Å²) in [7, 11) is 0. The van der Waals surface area contributed by atoms with Crippen molar-refractivity contribution in [2.75, 3.05) is 6.54 Å². The van der Waals surface area contributed by atoms with Gasteiger partial charge in [0.05, 0.1) is 16.3 Å². The highest BCUT2D eigenvalue weighted by atomic mass is 35.5. The number of benzene rings is 2. The van der Waals surface area contributed by atoms with Gasteiger partial charge in [-0.05, 0) is 62.2 Å². The van der Waals surface area contributed by atoms with E-state index >= 15 is 0 Å². The molecule has 36 heavy (non-hydrogen) atoms. The number of nitrogens with one attached hydrogen (secondary N) is 2.